The lowest BCUT2D eigenvalue weighted by Gasteiger charge is -2.32. The molecule has 0 saturated heterocycles. The largest absolute Gasteiger partial charge is 0.494 e. The molecular formula is C26H31N5O5S. The van der Waals surface area contributed by atoms with E-state index < -0.39 is 17.9 Å². The lowest BCUT2D eigenvalue weighted by Crippen LogP contribution is -2.47. The Kier molecular flexibility index (Phi) is 8.12. The topological polar surface area (TPSA) is 154 Å². The van der Waals surface area contributed by atoms with Crippen molar-refractivity contribution in [3.63, 3.8) is 0 Å². The SMILES string of the molecule is CCOc1ccc(N(C(=O)c2snc(C(N)=O)c2N)C(C(=O)NC2CCCCC2)c2ccc(C)o2)cc1. The number of carbonyl (C=O) groups is 3. The quantitative estimate of drug-likeness (QED) is 0.382. The molecule has 1 fully saturated rings. The van der Waals surface area contributed by atoms with Crippen LogP contribution in [0.25, 0.3) is 0 Å². The van der Waals surface area contributed by atoms with Gasteiger partial charge in [-0.1, -0.05) is 19.3 Å². The van der Waals surface area contributed by atoms with Gasteiger partial charge in [-0.3, -0.25) is 19.3 Å². The van der Waals surface area contributed by atoms with E-state index in [-0.39, 0.29) is 28.2 Å². The van der Waals surface area contributed by atoms with Gasteiger partial charge in [-0.05, 0) is 74.6 Å². The maximum absolute atomic E-state index is 14.0. The Balaban J connectivity index is 1.81. The van der Waals surface area contributed by atoms with Gasteiger partial charge in [-0.2, -0.15) is 4.37 Å². The van der Waals surface area contributed by atoms with Crippen LogP contribution in [0.15, 0.2) is 40.8 Å². The molecule has 0 radical (unpaired) electrons. The Hall–Kier alpha value is -3.86. The molecule has 5 N–H and O–H groups in total. The van der Waals surface area contributed by atoms with Gasteiger partial charge in [-0.25, -0.2) is 0 Å². The number of nitrogens with one attached hydrogen (secondary N) is 1. The van der Waals surface area contributed by atoms with Crippen LogP contribution in [0.1, 0.15) is 76.8 Å². The molecule has 3 aromatic rings. The zero-order chi connectivity index (χ0) is 26.5. The fourth-order valence-electron chi connectivity index (χ4n) is 4.49. The second-order valence-corrected chi connectivity index (χ2v) is 9.71. The van der Waals surface area contributed by atoms with Crippen molar-refractivity contribution >= 4 is 40.6 Å². The molecular weight excluding hydrogens is 494 g/mol. The number of primary amides is 1. The fraction of sp³-hybridized carbons (Fsp3) is 0.385. The number of nitrogens with two attached hydrogens (primary N) is 2. The Morgan fingerprint density at radius 2 is 1.86 bits per heavy atom. The summed E-state index contributed by atoms with van der Waals surface area (Å²) in [5.41, 5.74) is 11.6. The van der Waals surface area contributed by atoms with E-state index >= 15 is 0 Å². The summed E-state index contributed by atoms with van der Waals surface area (Å²) in [6, 6.07) is 9.09. The first kappa shape index (κ1) is 26.2. The number of aromatic nitrogens is 1. The third-order valence-electron chi connectivity index (χ3n) is 6.29. The molecule has 1 saturated carbocycles. The van der Waals surface area contributed by atoms with E-state index in [1.165, 1.54) is 4.90 Å². The monoisotopic (exact) mass is 525 g/mol. The lowest BCUT2D eigenvalue weighted by atomic mass is 9.95. The van der Waals surface area contributed by atoms with E-state index in [0.717, 1.165) is 43.6 Å². The van der Waals surface area contributed by atoms with E-state index in [1.54, 1.807) is 43.3 Å². The van der Waals surface area contributed by atoms with Gasteiger partial charge in [0.1, 0.15) is 22.1 Å². The Labute approximate surface area is 219 Å². The second kappa shape index (κ2) is 11.5. The number of hydrogen-bond acceptors (Lipinski definition) is 8. The number of benzene rings is 1. The van der Waals surface area contributed by atoms with Gasteiger partial charge >= 0.3 is 0 Å². The molecule has 3 amide bonds. The van der Waals surface area contributed by atoms with Crippen LogP contribution in [0.2, 0.25) is 0 Å². The summed E-state index contributed by atoms with van der Waals surface area (Å²) >= 11 is 0.758. The standard InChI is InChI=1S/C26H31N5O5S/c1-3-35-18-12-10-17(11-13-18)31(26(34)23-20(27)21(24(28)32)30-37-23)22(19-14-9-15(2)36-19)25(33)29-16-7-5-4-6-8-16/h9-14,16,22H,3-8,27H2,1-2H3,(H2,28,32)(H,29,33). The van der Waals surface area contributed by atoms with Crippen LogP contribution in [-0.2, 0) is 4.79 Å². The van der Waals surface area contributed by atoms with E-state index in [2.05, 4.69) is 9.69 Å². The van der Waals surface area contributed by atoms with Crippen molar-refractivity contribution in [3.8, 4) is 5.75 Å². The molecule has 10 nitrogen and oxygen atoms in total. The van der Waals surface area contributed by atoms with Crippen molar-refractivity contribution in [2.24, 2.45) is 5.73 Å². The third-order valence-corrected chi connectivity index (χ3v) is 7.14. The highest BCUT2D eigenvalue weighted by atomic mass is 32.1. The van der Waals surface area contributed by atoms with Crippen LogP contribution in [0.3, 0.4) is 0 Å². The van der Waals surface area contributed by atoms with Gasteiger partial charge in [0.15, 0.2) is 11.7 Å². The van der Waals surface area contributed by atoms with Crippen molar-refractivity contribution in [1.82, 2.24) is 9.69 Å². The van der Waals surface area contributed by atoms with Gasteiger partial charge in [0.05, 0.1) is 12.3 Å². The van der Waals surface area contributed by atoms with Gasteiger partial charge in [0.25, 0.3) is 17.7 Å². The average Bonchev–Trinajstić information content (AvgIpc) is 3.48. The molecule has 0 bridgehead atoms. The molecule has 1 aliphatic carbocycles. The number of furan rings is 1. The molecule has 196 valence electrons. The maximum atomic E-state index is 14.0. The minimum atomic E-state index is -1.14. The van der Waals surface area contributed by atoms with Crippen LogP contribution in [-0.4, -0.2) is 34.7 Å². The Morgan fingerprint density at radius 1 is 1.16 bits per heavy atom. The molecule has 1 aliphatic rings. The Morgan fingerprint density at radius 3 is 2.43 bits per heavy atom. The number of rotatable bonds is 9. The summed E-state index contributed by atoms with van der Waals surface area (Å²) < 4.78 is 15.4. The molecule has 1 unspecified atom stereocenters. The molecule has 0 spiro atoms. The molecule has 2 heterocycles. The summed E-state index contributed by atoms with van der Waals surface area (Å²) in [5.74, 6) is -0.312. The maximum Gasteiger partial charge on any atom is 0.273 e. The summed E-state index contributed by atoms with van der Waals surface area (Å²) in [6.07, 6.45) is 4.94. The zero-order valence-corrected chi connectivity index (χ0v) is 21.7. The highest BCUT2D eigenvalue weighted by Gasteiger charge is 2.38. The van der Waals surface area contributed by atoms with Crippen molar-refractivity contribution in [2.75, 3.05) is 17.2 Å². The third kappa shape index (κ3) is 5.77. The van der Waals surface area contributed by atoms with E-state index in [1.807, 2.05) is 6.92 Å². The predicted molar refractivity (Wildman–Crippen MR) is 141 cm³/mol. The number of aryl methyl sites for hydroxylation is 1. The summed E-state index contributed by atoms with van der Waals surface area (Å²) in [7, 11) is 0. The van der Waals surface area contributed by atoms with Crippen molar-refractivity contribution in [1.29, 1.82) is 0 Å². The van der Waals surface area contributed by atoms with Crippen molar-refractivity contribution in [2.45, 2.75) is 58.0 Å². The van der Waals surface area contributed by atoms with E-state index in [4.69, 9.17) is 20.6 Å². The molecule has 1 aromatic carbocycles. The zero-order valence-electron chi connectivity index (χ0n) is 20.9. The molecule has 0 aliphatic heterocycles. The molecule has 1 atom stereocenters. The Bertz CT molecular complexity index is 1260. The van der Waals surface area contributed by atoms with E-state index in [9.17, 15) is 14.4 Å². The van der Waals surface area contributed by atoms with Crippen molar-refractivity contribution < 1.29 is 23.5 Å². The molecule has 2 aromatic heterocycles. The van der Waals surface area contributed by atoms with Crippen LogP contribution in [0.4, 0.5) is 11.4 Å². The van der Waals surface area contributed by atoms with Gasteiger partial charge < -0.3 is 25.9 Å². The smallest absolute Gasteiger partial charge is 0.273 e. The highest BCUT2D eigenvalue weighted by molar-refractivity contribution is 7.09. The highest BCUT2D eigenvalue weighted by Crippen LogP contribution is 2.35. The van der Waals surface area contributed by atoms with Crippen molar-refractivity contribution in [3.05, 3.63) is 58.5 Å². The predicted octanol–water partition coefficient (Wildman–Crippen LogP) is 3.96. The van der Waals surface area contributed by atoms with Crippen LogP contribution in [0, 0.1) is 6.92 Å². The number of amides is 3. The lowest BCUT2D eigenvalue weighted by molar-refractivity contribution is -0.123. The first-order chi connectivity index (χ1) is 17.8. The number of anilines is 2. The van der Waals surface area contributed by atoms with E-state index in [0.29, 0.717) is 29.6 Å². The first-order valence-corrected chi connectivity index (χ1v) is 13.1. The molecule has 11 heteroatoms. The number of nitrogens with zero attached hydrogens (tertiary/aromatic N) is 2. The first-order valence-electron chi connectivity index (χ1n) is 12.3. The van der Waals surface area contributed by atoms with Gasteiger partial charge in [0.2, 0.25) is 0 Å². The minimum absolute atomic E-state index is 0.00132. The van der Waals surface area contributed by atoms with Crippen LogP contribution >= 0.6 is 11.5 Å². The molecule has 4 rings (SSSR count). The van der Waals surface area contributed by atoms with Crippen LogP contribution < -0.4 is 26.4 Å². The fourth-order valence-corrected chi connectivity index (χ4v) is 5.24. The number of nitrogen functional groups attached to an aromatic ring is 1. The summed E-state index contributed by atoms with van der Waals surface area (Å²) in [4.78, 5) is 40.9. The minimum Gasteiger partial charge on any atom is -0.494 e. The number of hydrogen-bond donors (Lipinski definition) is 3. The summed E-state index contributed by atoms with van der Waals surface area (Å²) in [6.45, 7) is 4.12. The molecule has 37 heavy (non-hydrogen) atoms. The van der Waals surface area contributed by atoms with Gasteiger partial charge in [0, 0.05) is 11.7 Å². The van der Waals surface area contributed by atoms with Gasteiger partial charge in [-0.15, -0.1) is 0 Å². The number of carbonyl (C=O) groups excluding carboxylic acids is 3. The average molecular weight is 526 g/mol. The number of ether oxygens (including phenoxy) is 1. The summed E-state index contributed by atoms with van der Waals surface area (Å²) in [5, 5.41) is 3.12. The second-order valence-electron chi connectivity index (χ2n) is 8.93. The van der Waals surface area contributed by atoms with Crippen LogP contribution in [0.5, 0.6) is 5.75 Å². The normalized spacial score (nSPS) is 14.6.